The predicted molar refractivity (Wildman–Crippen MR) is 80.3 cm³/mol. The first-order valence-corrected chi connectivity index (χ1v) is 7.34. The molecule has 0 aromatic carbocycles. The minimum atomic E-state index is -0.266. The van der Waals surface area contributed by atoms with E-state index in [0.29, 0.717) is 5.82 Å². The summed E-state index contributed by atoms with van der Waals surface area (Å²) in [5, 5.41) is 13.2. The van der Waals surface area contributed by atoms with Crippen LogP contribution in [0, 0.1) is 5.92 Å². The van der Waals surface area contributed by atoms with Gasteiger partial charge in [0.2, 0.25) is 0 Å². The lowest BCUT2D eigenvalue weighted by atomic mass is 9.77. The molecule has 1 fully saturated rings. The monoisotopic (exact) mass is 279 g/mol. The number of nitrogens with one attached hydrogen (secondary N) is 2. The number of aryl methyl sites for hydroxylation is 1. The summed E-state index contributed by atoms with van der Waals surface area (Å²) in [5.41, 5.74) is 2.30. The highest BCUT2D eigenvalue weighted by atomic mass is 16.3. The Labute approximate surface area is 120 Å². The maximum absolute atomic E-state index is 9.80. The van der Waals surface area contributed by atoms with E-state index in [1.807, 2.05) is 6.92 Å². The smallest absolute Gasteiger partial charge is 0.145 e. The third-order valence-electron chi connectivity index (χ3n) is 4.16. The summed E-state index contributed by atoms with van der Waals surface area (Å²) in [6.45, 7) is 4.39. The molecule has 0 bridgehead atoms. The van der Waals surface area contributed by atoms with Crippen LogP contribution in [0.4, 0.5) is 11.6 Å². The second-order valence-electron chi connectivity index (χ2n) is 5.80. The number of nitrogens with two attached hydrogens (primary N) is 1. The maximum Gasteiger partial charge on any atom is 0.145 e. The molecular formula is C14H25N5O. The van der Waals surface area contributed by atoms with Gasteiger partial charge in [0.05, 0.1) is 12.1 Å². The summed E-state index contributed by atoms with van der Waals surface area (Å²) in [4.78, 5) is 8.75. The fraction of sp³-hybridized carbons (Fsp3) is 0.714. The van der Waals surface area contributed by atoms with Crippen LogP contribution in [-0.2, 0) is 6.42 Å². The van der Waals surface area contributed by atoms with Crippen molar-refractivity contribution in [3.8, 4) is 0 Å². The topological polar surface area (TPSA) is 96.1 Å². The van der Waals surface area contributed by atoms with Gasteiger partial charge in [0.15, 0.2) is 0 Å². The van der Waals surface area contributed by atoms with Gasteiger partial charge in [0.25, 0.3) is 0 Å². The Hall–Kier alpha value is -1.40. The molecule has 5 N–H and O–H groups in total. The molecule has 0 radical (unpaired) electrons. The third kappa shape index (κ3) is 3.37. The summed E-state index contributed by atoms with van der Waals surface area (Å²) in [5.74, 6) is 8.23. The van der Waals surface area contributed by atoms with Crippen molar-refractivity contribution >= 4 is 11.6 Å². The Morgan fingerprint density at radius 2 is 2.00 bits per heavy atom. The van der Waals surface area contributed by atoms with Gasteiger partial charge < -0.3 is 15.8 Å². The highest BCUT2D eigenvalue weighted by Crippen LogP contribution is 2.34. The van der Waals surface area contributed by atoms with Crippen LogP contribution >= 0.6 is 0 Å². The molecule has 6 nitrogen and oxygen atoms in total. The van der Waals surface area contributed by atoms with E-state index in [-0.39, 0.29) is 12.1 Å². The van der Waals surface area contributed by atoms with Gasteiger partial charge in [-0.15, -0.1) is 0 Å². The Bertz CT molecular complexity index is 421. The standard InChI is InChI=1S/C14H25N5O/c1-3-11-16-12(8-13(17-11)19-15)18-14(9-20)6-4-10(2)5-7-14/h8,10,20H,3-7,9,15H2,1-2H3,(H2,16,17,18,19). The summed E-state index contributed by atoms with van der Waals surface area (Å²) >= 11 is 0. The zero-order valence-corrected chi connectivity index (χ0v) is 12.3. The summed E-state index contributed by atoms with van der Waals surface area (Å²) in [6.07, 6.45) is 4.92. The van der Waals surface area contributed by atoms with Gasteiger partial charge >= 0.3 is 0 Å². The van der Waals surface area contributed by atoms with Crippen LogP contribution in [0.25, 0.3) is 0 Å². The van der Waals surface area contributed by atoms with E-state index in [1.165, 1.54) is 0 Å². The van der Waals surface area contributed by atoms with E-state index < -0.39 is 0 Å². The SMILES string of the molecule is CCc1nc(NN)cc(NC2(CO)CCC(C)CC2)n1. The Kier molecular flexibility index (Phi) is 4.77. The van der Waals surface area contributed by atoms with Crippen molar-refractivity contribution in [2.45, 2.75) is 51.5 Å². The number of rotatable bonds is 5. The molecule has 0 unspecified atom stereocenters. The largest absolute Gasteiger partial charge is 0.394 e. The third-order valence-corrected chi connectivity index (χ3v) is 4.16. The van der Waals surface area contributed by atoms with Crippen LogP contribution in [0.1, 0.15) is 45.4 Å². The number of aliphatic hydroxyl groups excluding tert-OH is 1. The maximum atomic E-state index is 9.80. The molecule has 1 aliphatic rings. The molecule has 0 spiro atoms. The van der Waals surface area contributed by atoms with Crippen molar-refractivity contribution in [2.75, 3.05) is 17.3 Å². The number of anilines is 2. The Morgan fingerprint density at radius 1 is 1.35 bits per heavy atom. The predicted octanol–water partition coefficient (Wildman–Crippen LogP) is 1.68. The van der Waals surface area contributed by atoms with E-state index in [2.05, 4.69) is 27.6 Å². The van der Waals surface area contributed by atoms with Crippen LogP contribution in [0.5, 0.6) is 0 Å². The number of hydrogen-bond acceptors (Lipinski definition) is 6. The first-order valence-electron chi connectivity index (χ1n) is 7.34. The molecule has 1 aliphatic carbocycles. The van der Waals surface area contributed by atoms with Crippen LogP contribution in [-0.4, -0.2) is 27.2 Å². The lowest BCUT2D eigenvalue weighted by Gasteiger charge is -2.39. The summed E-state index contributed by atoms with van der Waals surface area (Å²) in [6, 6.07) is 1.79. The van der Waals surface area contributed by atoms with Crippen molar-refractivity contribution in [1.29, 1.82) is 0 Å². The van der Waals surface area contributed by atoms with Gasteiger partial charge in [-0.3, -0.25) is 0 Å². The van der Waals surface area contributed by atoms with Crippen LogP contribution < -0.4 is 16.6 Å². The quantitative estimate of drug-likeness (QED) is 0.484. The first-order chi connectivity index (χ1) is 9.60. The fourth-order valence-corrected chi connectivity index (χ4v) is 2.70. The van der Waals surface area contributed by atoms with Gasteiger partial charge in [-0.05, 0) is 31.6 Å². The van der Waals surface area contributed by atoms with E-state index >= 15 is 0 Å². The molecule has 112 valence electrons. The number of aliphatic hydroxyl groups is 1. The van der Waals surface area contributed by atoms with Crippen molar-refractivity contribution < 1.29 is 5.11 Å². The molecule has 6 heteroatoms. The van der Waals surface area contributed by atoms with Gasteiger partial charge in [-0.25, -0.2) is 15.8 Å². The molecule has 2 rings (SSSR count). The Morgan fingerprint density at radius 3 is 2.55 bits per heavy atom. The van der Waals surface area contributed by atoms with E-state index in [1.54, 1.807) is 6.07 Å². The minimum absolute atomic E-state index is 0.122. The van der Waals surface area contributed by atoms with Gasteiger partial charge in [0, 0.05) is 12.5 Å². The molecule has 0 saturated heterocycles. The van der Waals surface area contributed by atoms with E-state index in [4.69, 9.17) is 5.84 Å². The number of nitrogens with zero attached hydrogens (tertiary/aromatic N) is 2. The van der Waals surface area contributed by atoms with Gasteiger partial charge in [-0.1, -0.05) is 13.8 Å². The molecule has 1 aromatic rings. The summed E-state index contributed by atoms with van der Waals surface area (Å²) < 4.78 is 0. The Balaban J connectivity index is 2.18. The zero-order valence-electron chi connectivity index (χ0n) is 12.3. The number of hydrazine groups is 1. The van der Waals surface area contributed by atoms with E-state index in [0.717, 1.165) is 49.7 Å². The number of hydrogen-bond donors (Lipinski definition) is 4. The average Bonchev–Trinajstić information content (AvgIpc) is 2.49. The normalized spacial score (nSPS) is 26.3. The van der Waals surface area contributed by atoms with Crippen molar-refractivity contribution in [3.63, 3.8) is 0 Å². The lowest BCUT2D eigenvalue weighted by molar-refractivity contribution is 0.155. The lowest BCUT2D eigenvalue weighted by Crippen LogP contribution is -2.45. The molecule has 0 amide bonds. The van der Waals surface area contributed by atoms with Gasteiger partial charge in [0.1, 0.15) is 17.5 Å². The number of aromatic nitrogens is 2. The minimum Gasteiger partial charge on any atom is -0.394 e. The molecule has 0 aliphatic heterocycles. The second-order valence-corrected chi connectivity index (χ2v) is 5.80. The number of nitrogen functional groups attached to an aromatic ring is 1. The van der Waals surface area contributed by atoms with Crippen molar-refractivity contribution in [1.82, 2.24) is 9.97 Å². The molecule has 0 atom stereocenters. The molecule has 1 saturated carbocycles. The molecule has 1 heterocycles. The van der Waals surface area contributed by atoms with Crippen molar-refractivity contribution in [3.05, 3.63) is 11.9 Å². The van der Waals surface area contributed by atoms with Gasteiger partial charge in [-0.2, -0.15) is 0 Å². The molecule has 1 aromatic heterocycles. The summed E-state index contributed by atoms with van der Waals surface area (Å²) in [7, 11) is 0. The zero-order chi connectivity index (χ0) is 14.6. The molecular weight excluding hydrogens is 254 g/mol. The van der Waals surface area contributed by atoms with E-state index in [9.17, 15) is 5.11 Å². The second kappa shape index (κ2) is 6.37. The average molecular weight is 279 g/mol. The highest BCUT2D eigenvalue weighted by Gasteiger charge is 2.34. The highest BCUT2D eigenvalue weighted by molar-refractivity contribution is 5.48. The van der Waals surface area contributed by atoms with Crippen molar-refractivity contribution in [2.24, 2.45) is 11.8 Å². The van der Waals surface area contributed by atoms with Crippen LogP contribution in [0.3, 0.4) is 0 Å². The first kappa shape index (κ1) is 15.0. The van der Waals surface area contributed by atoms with Crippen LogP contribution in [0.2, 0.25) is 0 Å². The molecule has 20 heavy (non-hydrogen) atoms. The fourth-order valence-electron chi connectivity index (χ4n) is 2.70. The van der Waals surface area contributed by atoms with Crippen LogP contribution in [0.15, 0.2) is 6.07 Å².